The highest BCUT2D eigenvalue weighted by Crippen LogP contribution is 2.44. The van der Waals surface area contributed by atoms with Crippen LogP contribution >= 0.6 is 0 Å². The molecule has 1 amide bonds. The van der Waals surface area contributed by atoms with Gasteiger partial charge in [0.15, 0.2) is 0 Å². The molecule has 2 aliphatic rings. The lowest BCUT2D eigenvalue weighted by molar-refractivity contribution is -0.126. The number of rotatable bonds is 6. The fraction of sp³-hybridized carbons (Fsp3) is 0.524. The Morgan fingerprint density at radius 1 is 1.26 bits per heavy atom. The SMILES string of the molecule is Cn1ccnc1C1(O)CC2CCC(C1)N2CC(=O)NCCc1ccccc1. The highest BCUT2D eigenvalue weighted by atomic mass is 16.3. The Bertz CT molecular complexity index is 774. The first-order valence-corrected chi connectivity index (χ1v) is 9.82. The molecule has 2 aromatic rings. The summed E-state index contributed by atoms with van der Waals surface area (Å²) in [7, 11) is 1.93. The lowest BCUT2D eigenvalue weighted by Gasteiger charge is -2.43. The van der Waals surface area contributed by atoms with Gasteiger partial charge in [0, 0.05) is 38.1 Å². The highest BCUT2D eigenvalue weighted by molar-refractivity contribution is 5.78. The first-order valence-electron chi connectivity index (χ1n) is 9.82. The smallest absolute Gasteiger partial charge is 0.234 e. The van der Waals surface area contributed by atoms with Crippen LogP contribution in [0.1, 0.15) is 37.1 Å². The number of aromatic nitrogens is 2. The molecule has 144 valence electrons. The Morgan fingerprint density at radius 3 is 2.59 bits per heavy atom. The maximum atomic E-state index is 12.4. The lowest BCUT2D eigenvalue weighted by atomic mass is 9.85. The molecule has 0 spiro atoms. The zero-order valence-electron chi connectivity index (χ0n) is 15.8. The average Bonchev–Trinajstić information content (AvgIpc) is 3.18. The van der Waals surface area contributed by atoms with Gasteiger partial charge in [-0.3, -0.25) is 9.69 Å². The van der Waals surface area contributed by atoms with Crippen LogP contribution in [0.25, 0.3) is 0 Å². The number of benzene rings is 1. The minimum atomic E-state index is -0.885. The van der Waals surface area contributed by atoms with Gasteiger partial charge in [0.05, 0.1) is 6.54 Å². The predicted octanol–water partition coefficient (Wildman–Crippen LogP) is 1.59. The summed E-state index contributed by atoms with van der Waals surface area (Å²) in [5.41, 5.74) is 0.348. The van der Waals surface area contributed by atoms with E-state index in [1.54, 1.807) is 6.20 Å². The molecule has 27 heavy (non-hydrogen) atoms. The number of nitrogens with one attached hydrogen (secondary N) is 1. The van der Waals surface area contributed by atoms with Crippen molar-refractivity contribution in [2.75, 3.05) is 13.1 Å². The molecule has 2 saturated heterocycles. The van der Waals surface area contributed by atoms with Crippen molar-refractivity contribution in [3.05, 3.63) is 54.1 Å². The molecule has 1 aromatic heterocycles. The summed E-state index contributed by atoms with van der Waals surface area (Å²) >= 11 is 0. The molecule has 0 saturated carbocycles. The van der Waals surface area contributed by atoms with Gasteiger partial charge in [-0.2, -0.15) is 0 Å². The summed E-state index contributed by atoms with van der Waals surface area (Å²) in [6.07, 6.45) is 7.82. The number of nitrogens with zero attached hydrogens (tertiary/aromatic N) is 3. The molecule has 6 nitrogen and oxygen atoms in total. The molecule has 2 fully saturated rings. The van der Waals surface area contributed by atoms with Gasteiger partial charge < -0.3 is 15.0 Å². The number of carbonyl (C=O) groups excluding carboxylic acids is 1. The third-order valence-electron chi connectivity index (χ3n) is 6.06. The number of piperidine rings is 1. The lowest BCUT2D eigenvalue weighted by Crippen LogP contribution is -2.53. The van der Waals surface area contributed by atoms with Gasteiger partial charge in [0.1, 0.15) is 11.4 Å². The molecule has 4 rings (SSSR count). The van der Waals surface area contributed by atoms with Crippen molar-refractivity contribution in [1.82, 2.24) is 19.8 Å². The van der Waals surface area contributed by atoms with Crippen LogP contribution in [0.3, 0.4) is 0 Å². The molecule has 2 atom stereocenters. The van der Waals surface area contributed by atoms with Crippen LogP contribution < -0.4 is 5.32 Å². The zero-order valence-corrected chi connectivity index (χ0v) is 15.8. The second kappa shape index (κ2) is 7.44. The Labute approximate surface area is 160 Å². The molecule has 2 unspecified atom stereocenters. The molecule has 2 aliphatic heterocycles. The van der Waals surface area contributed by atoms with Crippen LogP contribution in [0, 0.1) is 0 Å². The van der Waals surface area contributed by atoms with Crippen molar-refractivity contribution in [3.63, 3.8) is 0 Å². The summed E-state index contributed by atoms with van der Waals surface area (Å²) < 4.78 is 1.91. The average molecular weight is 368 g/mol. The third kappa shape index (κ3) is 3.77. The van der Waals surface area contributed by atoms with Crippen LogP contribution in [-0.2, 0) is 23.9 Å². The fourth-order valence-electron chi connectivity index (χ4n) is 4.78. The van der Waals surface area contributed by atoms with E-state index < -0.39 is 5.60 Å². The van der Waals surface area contributed by atoms with E-state index in [0.29, 0.717) is 25.9 Å². The monoisotopic (exact) mass is 368 g/mol. The minimum absolute atomic E-state index is 0.0743. The van der Waals surface area contributed by atoms with Gasteiger partial charge >= 0.3 is 0 Å². The fourth-order valence-corrected chi connectivity index (χ4v) is 4.78. The number of hydrogen-bond donors (Lipinski definition) is 2. The number of fused-ring (bicyclic) bond motifs is 2. The number of aryl methyl sites for hydroxylation is 1. The molecule has 0 radical (unpaired) electrons. The first kappa shape index (κ1) is 18.2. The molecule has 3 heterocycles. The third-order valence-corrected chi connectivity index (χ3v) is 6.06. The quantitative estimate of drug-likeness (QED) is 0.812. The van der Waals surface area contributed by atoms with Crippen LogP contribution in [-0.4, -0.2) is 50.6 Å². The molecule has 1 aromatic carbocycles. The van der Waals surface area contributed by atoms with Crippen LogP contribution in [0.15, 0.2) is 42.7 Å². The predicted molar refractivity (Wildman–Crippen MR) is 103 cm³/mol. The van der Waals surface area contributed by atoms with Crippen molar-refractivity contribution in [2.45, 2.75) is 49.8 Å². The minimum Gasteiger partial charge on any atom is -0.382 e. The summed E-state index contributed by atoms with van der Waals surface area (Å²) in [5, 5.41) is 14.2. The van der Waals surface area contributed by atoms with Crippen molar-refractivity contribution in [2.24, 2.45) is 7.05 Å². The van der Waals surface area contributed by atoms with Gasteiger partial charge in [-0.25, -0.2) is 4.98 Å². The molecule has 0 aliphatic carbocycles. The second-order valence-electron chi connectivity index (χ2n) is 7.94. The van der Waals surface area contributed by atoms with Crippen LogP contribution in [0.2, 0.25) is 0 Å². The van der Waals surface area contributed by atoms with E-state index in [9.17, 15) is 9.90 Å². The molecule has 6 heteroatoms. The van der Waals surface area contributed by atoms with Gasteiger partial charge in [0.25, 0.3) is 0 Å². The summed E-state index contributed by atoms with van der Waals surface area (Å²) in [6.45, 7) is 1.07. The van der Waals surface area contributed by atoms with Crippen molar-refractivity contribution < 1.29 is 9.90 Å². The number of imidazole rings is 1. The van der Waals surface area contributed by atoms with Crippen LogP contribution in [0.5, 0.6) is 0 Å². The first-order chi connectivity index (χ1) is 13.0. The molecular formula is C21H28N4O2. The van der Waals surface area contributed by atoms with Crippen molar-refractivity contribution in [3.8, 4) is 0 Å². The number of carbonyl (C=O) groups is 1. The summed E-state index contributed by atoms with van der Waals surface area (Å²) in [4.78, 5) is 19.1. The Kier molecular flexibility index (Phi) is 5.02. The Hall–Kier alpha value is -2.18. The van der Waals surface area contributed by atoms with Gasteiger partial charge in [-0.1, -0.05) is 30.3 Å². The molecular weight excluding hydrogens is 340 g/mol. The number of aliphatic hydroxyl groups is 1. The summed E-state index contributed by atoms with van der Waals surface area (Å²) in [5.74, 6) is 0.816. The largest absolute Gasteiger partial charge is 0.382 e. The van der Waals surface area contributed by atoms with Gasteiger partial charge in [-0.15, -0.1) is 0 Å². The van der Waals surface area contributed by atoms with E-state index in [2.05, 4.69) is 27.3 Å². The van der Waals surface area contributed by atoms with Gasteiger partial charge in [0.2, 0.25) is 5.91 Å². The highest BCUT2D eigenvalue weighted by Gasteiger charge is 2.50. The van der Waals surface area contributed by atoms with E-state index in [0.717, 1.165) is 25.1 Å². The number of amides is 1. The van der Waals surface area contributed by atoms with E-state index in [1.165, 1.54) is 5.56 Å². The van der Waals surface area contributed by atoms with Gasteiger partial charge in [-0.05, 0) is 37.7 Å². The molecule has 2 bridgehead atoms. The topological polar surface area (TPSA) is 70.4 Å². The number of hydrogen-bond acceptors (Lipinski definition) is 4. The Balaban J connectivity index is 1.32. The van der Waals surface area contributed by atoms with E-state index in [-0.39, 0.29) is 18.0 Å². The maximum absolute atomic E-state index is 12.4. The maximum Gasteiger partial charge on any atom is 0.234 e. The van der Waals surface area contributed by atoms with Crippen LogP contribution in [0.4, 0.5) is 0 Å². The standard InChI is InChI=1S/C21H28N4O2/c1-24-12-11-23-20(24)21(27)13-17-7-8-18(14-21)25(17)15-19(26)22-10-9-16-5-3-2-4-6-16/h2-6,11-12,17-18,27H,7-10,13-15H2,1H3,(H,22,26). The second-order valence-corrected chi connectivity index (χ2v) is 7.94. The van der Waals surface area contributed by atoms with E-state index in [4.69, 9.17) is 0 Å². The normalized spacial score (nSPS) is 27.6. The summed E-state index contributed by atoms with van der Waals surface area (Å²) in [6, 6.07) is 10.7. The van der Waals surface area contributed by atoms with Crippen molar-refractivity contribution >= 4 is 5.91 Å². The zero-order chi connectivity index (χ0) is 18.9. The molecule has 2 N–H and O–H groups in total. The Morgan fingerprint density at radius 2 is 1.96 bits per heavy atom. The van der Waals surface area contributed by atoms with E-state index >= 15 is 0 Å². The van der Waals surface area contributed by atoms with Crippen molar-refractivity contribution in [1.29, 1.82) is 0 Å². The van der Waals surface area contributed by atoms with E-state index in [1.807, 2.05) is 36.0 Å².